The van der Waals surface area contributed by atoms with Crippen LogP contribution >= 0.6 is 15.9 Å². The van der Waals surface area contributed by atoms with Crippen LogP contribution in [0.1, 0.15) is 19.3 Å². The zero-order chi connectivity index (χ0) is 10.0. The molecule has 0 saturated carbocycles. The first-order chi connectivity index (χ1) is 6.71. The smallest absolute Gasteiger partial charge is 0.132 e. The van der Waals surface area contributed by atoms with Crippen LogP contribution in [0.3, 0.4) is 0 Å². The highest BCUT2D eigenvalue weighted by Crippen LogP contribution is 2.27. The quantitative estimate of drug-likeness (QED) is 0.659. The Labute approximate surface area is 111 Å². The van der Waals surface area contributed by atoms with Gasteiger partial charge in [-0.05, 0) is 31.4 Å². The first-order valence-electron chi connectivity index (χ1n) is 5.31. The Morgan fingerprint density at radius 2 is 1.53 bits per heavy atom. The first kappa shape index (κ1) is 13.2. The molecule has 1 saturated heterocycles. The minimum Gasteiger partial charge on any atom is -1.00 e. The minimum atomic E-state index is 0. The van der Waals surface area contributed by atoms with Crippen molar-refractivity contribution in [3.05, 3.63) is 28.7 Å². The Morgan fingerprint density at radius 3 is 2.07 bits per heavy atom. The molecule has 0 radical (unpaired) electrons. The lowest BCUT2D eigenvalue weighted by atomic mass is 10.1. The van der Waals surface area contributed by atoms with E-state index >= 15 is 0 Å². The lowest BCUT2D eigenvalue weighted by Crippen LogP contribution is -3.00. The molecule has 84 valence electrons. The Hall–Kier alpha value is 0.140. The maximum Gasteiger partial charge on any atom is 0.132 e. The van der Waals surface area contributed by atoms with Gasteiger partial charge >= 0.3 is 0 Å². The first-order valence-corrected chi connectivity index (χ1v) is 6.11. The van der Waals surface area contributed by atoms with Crippen molar-refractivity contribution >= 4 is 21.6 Å². The number of hydrogen-bond donors (Lipinski definition) is 0. The fourth-order valence-electron chi connectivity index (χ4n) is 2.27. The number of piperidine rings is 1. The van der Waals surface area contributed by atoms with Crippen LogP contribution in [0.4, 0.5) is 5.69 Å². The molecule has 1 heterocycles. The van der Waals surface area contributed by atoms with E-state index in [2.05, 4.69) is 47.2 Å². The third kappa shape index (κ3) is 3.05. The lowest BCUT2D eigenvalue weighted by Gasteiger charge is -2.37. The second-order valence-electron chi connectivity index (χ2n) is 4.38. The van der Waals surface area contributed by atoms with E-state index in [1.165, 1.54) is 42.5 Å². The third-order valence-corrected chi connectivity index (χ3v) is 3.78. The number of likely N-dealkylation sites (tertiary alicyclic amines) is 1. The van der Waals surface area contributed by atoms with Crippen LogP contribution in [0.25, 0.3) is 0 Å². The van der Waals surface area contributed by atoms with Gasteiger partial charge in [-0.25, -0.2) is 0 Å². The average Bonchev–Trinajstić information content (AvgIpc) is 2.19. The number of benzene rings is 1. The van der Waals surface area contributed by atoms with Crippen molar-refractivity contribution in [1.82, 2.24) is 4.48 Å². The highest BCUT2D eigenvalue weighted by molar-refractivity contribution is 9.10. The molecule has 0 aliphatic carbocycles. The molecular formula is C12H17Br2N. The summed E-state index contributed by atoms with van der Waals surface area (Å²) in [7, 11) is 2.35. The zero-order valence-electron chi connectivity index (χ0n) is 9.05. The Kier molecular flexibility index (Phi) is 4.81. The van der Waals surface area contributed by atoms with E-state index in [1.807, 2.05) is 0 Å². The topological polar surface area (TPSA) is 0 Å². The monoisotopic (exact) mass is 333 g/mol. The van der Waals surface area contributed by atoms with Gasteiger partial charge in [0.2, 0.25) is 0 Å². The number of quaternary nitrogens is 1. The summed E-state index contributed by atoms with van der Waals surface area (Å²) < 4.78 is 2.29. The van der Waals surface area contributed by atoms with E-state index in [0.29, 0.717) is 0 Å². The van der Waals surface area contributed by atoms with Gasteiger partial charge in [-0.2, -0.15) is 0 Å². The van der Waals surface area contributed by atoms with Crippen LogP contribution in [0.2, 0.25) is 0 Å². The van der Waals surface area contributed by atoms with Gasteiger partial charge < -0.3 is 17.0 Å². The number of rotatable bonds is 1. The van der Waals surface area contributed by atoms with Crippen molar-refractivity contribution < 1.29 is 17.0 Å². The second kappa shape index (κ2) is 5.46. The van der Waals surface area contributed by atoms with Gasteiger partial charge in [0.15, 0.2) is 0 Å². The summed E-state index contributed by atoms with van der Waals surface area (Å²) >= 11 is 3.48. The molecule has 1 nitrogen and oxygen atoms in total. The Balaban J connectivity index is 0.00000112. The van der Waals surface area contributed by atoms with Gasteiger partial charge in [0, 0.05) is 16.6 Å². The van der Waals surface area contributed by atoms with Crippen molar-refractivity contribution in [3.63, 3.8) is 0 Å². The largest absolute Gasteiger partial charge is 1.00 e. The fraction of sp³-hybridized carbons (Fsp3) is 0.500. The summed E-state index contributed by atoms with van der Waals surface area (Å²) in [6.07, 6.45) is 4.14. The molecule has 1 aromatic rings. The van der Waals surface area contributed by atoms with E-state index in [1.54, 1.807) is 0 Å². The van der Waals surface area contributed by atoms with E-state index in [9.17, 15) is 0 Å². The summed E-state index contributed by atoms with van der Waals surface area (Å²) in [5.74, 6) is 0. The van der Waals surface area contributed by atoms with Crippen molar-refractivity contribution in [2.75, 3.05) is 20.1 Å². The van der Waals surface area contributed by atoms with Crippen LogP contribution < -0.4 is 21.5 Å². The van der Waals surface area contributed by atoms with Crippen LogP contribution in [-0.4, -0.2) is 20.1 Å². The predicted octanol–water partition coefficient (Wildman–Crippen LogP) is 0.574. The maximum absolute atomic E-state index is 3.48. The molecule has 1 aromatic carbocycles. The third-order valence-electron chi connectivity index (χ3n) is 3.25. The average molecular weight is 335 g/mol. The van der Waals surface area contributed by atoms with Crippen LogP contribution in [0.5, 0.6) is 0 Å². The Bertz CT molecular complexity index is 302. The van der Waals surface area contributed by atoms with Crippen LogP contribution in [0, 0.1) is 0 Å². The summed E-state index contributed by atoms with van der Waals surface area (Å²) in [5, 5.41) is 0. The van der Waals surface area contributed by atoms with Crippen molar-refractivity contribution in [1.29, 1.82) is 0 Å². The summed E-state index contributed by atoms with van der Waals surface area (Å²) in [6.45, 7) is 2.59. The molecule has 0 bridgehead atoms. The summed E-state index contributed by atoms with van der Waals surface area (Å²) in [4.78, 5) is 0. The van der Waals surface area contributed by atoms with Gasteiger partial charge in [0.1, 0.15) is 5.69 Å². The van der Waals surface area contributed by atoms with E-state index < -0.39 is 0 Å². The van der Waals surface area contributed by atoms with Crippen molar-refractivity contribution in [2.45, 2.75) is 19.3 Å². The second-order valence-corrected chi connectivity index (χ2v) is 5.30. The predicted molar refractivity (Wildman–Crippen MR) is 65.4 cm³/mol. The van der Waals surface area contributed by atoms with Gasteiger partial charge in [0.05, 0.1) is 20.1 Å². The fourth-order valence-corrected chi connectivity index (χ4v) is 2.53. The summed E-state index contributed by atoms with van der Waals surface area (Å²) in [6, 6.07) is 8.78. The lowest BCUT2D eigenvalue weighted by molar-refractivity contribution is -0.00000285. The SMILES string of the molecule is C[N+]1(c2ccc(Br)cc2)CCCCC1.[Br-]. The molecule has 0 unspecified atom stereocenters. The molecule has 1 aliphatic heterocycles. The van der Waals surface area contributed by atoms with Crippen LogP contribution in [-0.2, 0) is 0 Å². The number of hydrogen-bond acceptors (Lipinski definition) is 0. The molecule has 0 atom stereocenters. The molecule has 2 rings (SSSR count). The van der Waals surface area contributed by atoms with Crippen molar-refractivity contribution in [3.8, 4) is 0 Å². The van der Waals surface area contributed by atoms with Crippen LogP contribution in [0.15, 0.2) is 28.7 Å². The normalized spacial score (nSPS) is 19.3. The van der Waals surface area contributed by atoms with Gasteiger partial charge in [0.25, 0.3) is 0 Å². The standard InChI is InChI=1S/C12H17BrN.BrH/c1-14(9-3-2-4-10-14)12-7-5-11(13)6-8-12;/h5-8H,2-4,9-10H2,1H3;1H/q+1;/p-1. The molecule has 0 aromatic heterocycles. The van der Waals surface area contributed by atoms with E-state index in [0.717, 1.165) is 4.48 Å². The molecule has 0 N–H and O–H groups in total. The van der Waals surface area contributed by atoms with E-state index in [-0.39, 0.29) is 17.0 Å². The molecule has 1 aliphatic rings. The van der Waals surface area contributed by atoms with E-state index in [4.69, 9.17) is 0 Å². The molecule has 0 amide bonds. The van der Waals surface area contributed by atoms with Gasteiger partial charge in [-0.1, -0.05) is 15.9 Å². The number of halogens is 2. The highest BCUT2D eigenvalue weighted by atomic mass is 79.9. The molecule has 3 heteroatoms. The highest BCUT2D eigenvalue weighted by Gasteiger charge is 2.26. The Morgan fingerprint density at radius 1 is 1.00 bits per heavy atom. The summed E-state index contributed by atoms with van der Waals surface area (Å²) in [5.41, 5.74) is 1.45. The molecular weight excluding hydrogens is 318 g/mol. The van der Waals surface area contributed by atoms with Gasteiger partial charge in [-0.3, -0.25) is 4.48 Å². The minimum absolute atomic E-state index is 0. The van der Waals surface area contributed by atoms with Crippen molar-refractivity contribution in [2.24, 2.45) is 0 Å². The maximum atomic E-state index is 3.48. The molecule has 0 spiro atoms. The number of nitrogens with zero attached hydrogens (tertiary/aromatic N) is 1. The molecule has 15 heavy (non-hydrogen) atoms. The van der Waals surface area contributed by atoms with Gasteiger partial charge in [-0.15, -0.1) is 0 Å². The zero-order valence-corrected chi connectivity index (χ0v) is 12.2. The molecule has 1 fully saturated rings.